The van der Waals surface area contributed by atoms with E-state index in [2.05, 4.69) is 12.1 Å². The third-order valence-electron chi connectivity index (χ3n) is 2.98. The number of rotatable bonds is 6. The minimum absolute atomic E-state index is 0.299. The van der Waals surface area contributed by atoms with Crippen LogP contribution in [-0.4, -0.2) is 31.5 Å². The fraction of sp³-hybridized carbons (Fsp3) is 0.538. The number of hydrogen-bond donors (Lipinski definition) is 0. The van der Waals surface area contributed by atoms with Gasteiger partial charge in [-0.2, -0.15) is 0 Å². The molecule has 0 amide bonds. The van der Waals surface area contributed by atoms with Gasteiger partial charge in [0.25, 0.3) is 0 Å². The van der Waals surface area contributed by atoms with Crippen molar-refractivity contribution in [1.29, 1.82) is 0 Å². The fourth-order valence-corrected chi connectivity index (χ4v) is 1.86. The summed E-state index contributed by atoms with van der Waals surface area (Å²) in [5.41, 5.74) is 1.21. The Bertz CT molecular complexity index is 334. The molecule has 2 heterocycles. The zero-order valence-corrected chi connectivity index (χ0v) is 9.17. The molecule has 3 rings (SSSR count). The molecule has 3 atom stereocenters. The predicted octanol–water partition coefficient (Wildman–Crippen LogP) is 1.76. The van der Waals surface area contributed by atoms with Crippen LogP contribution in [0.1, 0.15) is 12.0 Å². The minimum atomic E-state index is 0.299. The Balaban J connectivity index is 1.32. The highest BCUT2D eigenvalue weighted by molar-refractivity contribution is 5.13. The highest BCUT2D eigenvalue weighted by Crippen LogP contribution is 2.31. The van der Waals surface area contributed by atoms with Crippen LogP contribution >= 0.6 is 0 Å². The van der Waals surface area contributed by atoms with Gasteiger partial charge in [0.2, 0.25) is 0 Å². The summed E-state index contributed by atoms with van der Waals surface area (Å²) in [6.07, 6.45) is 2.18. The van der Waals surface area contributed by atoms with Gasteiger partial charge >= 0.3 is 0 Å². The van der Waals surface area contributed by atoms with Crippen molar-refractivity contribution < 1.29 is 14.2 Å². The number of epoxide rings is 2. The summed E-state index contributed by atoms with van der Waals surface area (Å²) < 4.78 is 16.3. The Kier molecular flexibility index (Phi) is 2.91. The van der Waals surface area contributed by atoms with E-state index >= 15 is 0 Å². The first-order valence-corrected chi connectivity index (χ1v) is 5.80. The van der Waals surface area contributed by atoms with Crippen molar-refractivity contribution in [2.24, 2.45) is 0 Å². The van der Waals surface area contributed by atoms with Crippen LogP contribution in [0.5, 0.6) is 0 Å². The second-order valence-electron chi connectivity index (χ2n) is 4.40. The van der Waals surface area contributed by atoms with Crippen molar-refractivity contribution in [1.82, 2.24) is 0 Å². The molecule has 16 heavy (non-hydrogen) atoms. The first-order valence-electron chi connectivity index (χ1n) is 5.80. The van der Waals surface area contributed by atoms with Crippen LogP contribution in [0, 0.1) is 0 Å². The molecule has 0 aliphatic carbocycles. The van der Waals surface area contributed by atoms with Gasteiger partial charge in [-0.1, -0.05) is 30.3 Å². The molecule has 2 aliphatic heterocycles. The second-order valence-corrected chi connectivity index (χ2v) is 4.40. The number of ether oxygens (including phenoxy) is 3. The Morgan fingerprint density at radius 2 is 2.00 bits per heavy atom. The average molecular weight is 220 g/mol. The predicted molar refractivity (Wildman–Crippen MR) is 59.1 cm³/mol. The van der Waals surface area contributed by atoms with Gasteiger partial charge in [-0.25, -0.2) is 0 Å². The lowest BCUT2D eigenvalue weighted by atomic mass is 10.2. The van der Waals surface area contributed by atoms with Crippen LogP contribution in [0.2, 0.25) is 0 Å². The summed E-state index contributed by atoms with van der Waals surface area (Å²) in [5, 5.41) is 0. The van der Waals surface area contributed by atoms with Crippen LogP contribution in [0.4, 0.5) is 0 Å². The highest BCUT2D eigenvalue weighted by atomic mass is 16.6. The van der Waals surface area contributed by atoms with Gasteiger partial charge in [0, 0.05) is 6.42 Å². The van der Waals surface area contributed by atoms with Gasteiger partial charge in [0.15, 0.2) is 0 Å². The summed E-state index contributed by atoms with van der Waals surface area (Å²) in [4.78, 5) is 0. The van der Waals surface area contributed by atoms with E-state index in [1.807, 2.05) is 18.2 Å². The SMILES string of the molecule is c1ccc(COC[C@H]2O[C@H]2C[C@@H]2CO2)cc1. The van der Waals surface area contributed by atoms with Crippen molar-refractivity contribution in [2.45, 2.75) is 31.3 Å². The fourth-order valence-electron chi connectivity index (χ4n) is 1.86. The lowest BCUT2D eigenvalue weighted by Crippen LogP contribution is -2.06. The largest absolute Gasteiger partial charge is 0.374 e. The summed E-state index contributed by atoms with van der Waals surface area (Å²) in [7, 11) is 0. The molecule has 0 spiro atoms. The van der Waals surface area contributed by atoms with E-state index in [-0.39, 0.29) is 0 Å². The molecule has 86 valence electrons. The Hall–Kier alpha value is -0.900. The van der Waals surface area contributed by atoms with Crippen molar-refractivity contribution in [3.05, 3.63) is 35.9 Å². The summed E-state index contributed by atoms with van der Waals surface area (Å²) in [6.45, 7) is 2.29. The molecule has 3 nitrogen and oxygen atoms in total. The minimum Gasteiger partial charge on any atom is -0.374 e. The molecule has 2 aliphatic rings. The lowest BCUT2D eigenvalue weighted by Gasteiger charge is -2.01. The van der Waals surface area contributed by atoms with Gasteiger partial charge in [-0.05, 0) is 5.56 Å². The number of benzene rings is 1. The van der Waals surface area contributed by atoms with E-state index in [1.165, 1.54) is 5.56 Å². The quantitative estimate of drug-likeness (QED) is 0.685. The van der Waals surface area contributed by atoms with Gasteiger partial charge in [0.1, 0.15) is 6.10 Å². The van der Waals surface area contributed by atoms with E-state index in [9.17, 15) is 0 Å². The molecule has 2 fully saturated rings. The third-order valence-corrected chi connectivity index (χ3v) is 2.98. The van der Waals surface area contributed by atoms with E-state index in [4.69, 9.17) is 14.2 Å². The maximum Gasteiger partial charge on any atom is 0.108 e. The summed E-state index contributed by atoms with van der Waals surface area (Å²) in [6, 6.07) is 10.2. The topological polar surface area (TPSA) is 34.3 Å². The average Bonchev–Trinajstić information content (AvgIpc) is 3.21. The standard InChI is InChI=1S/C13H16O3/c1-2-4-10(5-3-1)7-14-9-13-12(16-13)6-11-8-15-11/h1-5,11-13H,6-9H2/t11-,12+,13-/m1/s1. The van der Waals surface area contributed by atoms with Crippen molar-refractivity contribution in [3.8, 4) is 0 Å². The van der Waals surface area contributed by atoms with Crippen LogP contribution in [0.25, 0.3) is 0 Å². The van der Waals surface area contributed by atoms with Gasteiger partial charge in [0.05, 0.1) is 32.0 Å². The molecule has 0 saturated carbocycles. The smallest absolute Gasteiger partial charge is 0.108 e. The van der Waals surface area contributed by atoms with E-state index < -0.39 is 0 Å². The van der Waals surface area contributed by atoms with Gasteiger partial charge in [-0.3, -0.25) is 0 Å². The molecule has 0 N–H and O–H groups in total. The van der Waals surface area contributed by atoms with E-state index in [0.717, 1.165) is 13.0 Å². The zero-order chi connectivity index (χ0) is 10.8. The third kappa shape index (κ3) is 2.82. The molecule has 3 heteroatoms. The molecule has 1 aromatic rings. The molecule has 2 saturated heterocycles. The Labute approximate surface area is 95.3 Å². The van der Waals surface area contributed by atoms with Crippen LogP contribution in [0.15, 0.2) is 30.3 Å². The first kappa shape index (κ1) is 10.3. The van der Waals surface area contributed by atoms with E-state index in [0.29, 0.717) is 31.5 Å². The molecular weight excluding hydrogens is 204 g/mol. The van der Waals surface area contributed by atoms with E-state index in [1.54, 1.807) is 0 Å². The molecule has 0 radical (unpaired) electrons. The second kappa shape index (κ2) is 4.53. The normalized spacial score (nSPS) is 31.4. The lowest BCUT2D eigenvalue weighted by molar-refractivity contribution is 0.104. The molecule has 0 bridgehead atoms. The first-order chi connectivity index (χ1) is 7.92. The van der Waals surface area contributed by atoms with Gasteiger partial charge in [-0.15, -0.1) is 0 Å². The highest BCUT2D eigenvalue weighted by Gasteiger charge is 2.43. The summed E-state index contributed by atoms with van der Waals surface area (Å²) in [5.74, 6) is 0. The van der Waals surface area contributed by atoms with Gasteiger partial charge < -0.3 is 14.2 Å². The van der Waals surface area contributed by atoms with Crippen LogP contribution in [0.3, 0.4) is 0 Å². The zero-order valence-electron chi connectivity index (χ0n) is 9.17. The molecular formula is C13H16O3. The summed E-state index contributed by atoms with van der Waals surface area (Å²) >= 11 is 0. The maximum absolute atomic E-state index is 5.61. The Morgan fingerprint density at radius 3 is 2.75 bits per heavy atom. The van der Waals surface area contributed by atoms with Crippen LogP contribution in [-0.2, 0) is 20.8 Å². The van der Waals surface area contributed by atoms with Crippen molar-refractivity contribution in [3.63, 3.8) is 0 Å². The Morgan fingerprint density at radius 1 is 1.19 bits per heavy atom. The van der Waals surface area contributed by atoms with Crippen molar-refractivity contribution in [2.75, 3.05) is 13.2 Å². The number of hydrogen-bond acceptors (Lipinski definition) is 3. The van der Waals surface area contributed by atoms with Crippen molar-refractivity contribution >= 4 is 0 Å². The molecule has 0 aromatic heterocycles. The molecule has 1 aromatic carbocycles. The monoisotopic (exact) mass is 220 g/mol. The molecule has 0 unspecified atom stereocenters. The maximum atomic E-state index is 5.61. The van der Waals surface area contributed by atoms with Crippen LogP contribution < -0.4 is 0 Å².